The third-order valence-corrected chi connectivity index (χ3v) is 5.46. The normalized spacial score (nSPS) is 32.1. The van der Waals surface area contributed by atoms with E-state index < -0.39 is 0 Å². The fraction of sp³-hybridized carbons (Fsp3) is 0.438. The first-order valence-electron chi connectivity index (χ1n) is 6.85. The molecule has 2 fully saturated rings. The molecule has 1 aliphatic heterocycles. The number of benzene rings is 1. The van der Waals surface area contributed by atoms with Gasteiger partial charge in [-0.3, -0.25) is 4.79 Å². The lowest BCUT2D eigenvalue weighted by molar-refractivity contribution is -0.112. The van der Waals surface area contributed by atoms with Crippen molar-refractivity contribution in [3.63, 3.8) is 0 Å². The van der Waals surface area contributed by atoms with Crippen LogP contribution in [0.4, 0.5) is 0 Å². The predicted octanol–water partition coefficient (Wildman–Crippen LogP) is 3.76. The summed E-state index contributed by atoms with van der Waals surface area (Å²) >= 11 is 12.2. The Labute approximate surface area is 129 Å². The molecule has 1 saturated carbocycles. The molecule has 106 valence electrons. The molecule has 1 aromatic carbocycles. The van der Waals surface area contributed by atoms with Crippen LogP contribution < -0.4 is 5.32 Å². The van der Waals surface area contributed by atoms with Gasteiger partial charge < -0.3 is 5.32 Å². The van der Waals surface area contributed by atoms with E-state index in [4.69, 9.17) is 23.2 Å². The predicted molar refractivity (Wildman–Crippen MR) is 82.5 cm³/mol. The van der Waals surface area contributed by atoms with E-state index in [1.54, 1.807) is 13.0 Å². The molecular formula is C16H17Cl2NO. The van der Waals surface area contributed by atoms with Gasteiger partial charge in [0.05, 0.1) is 10.0 Å². The number of nitrogens with one attached hydrogen (secondary N) is 1. The minimum absolute atomic E-state index is 0.0497. The molecule has 4 heteroatoms. The maximum atomic E-state index is 11.2. The summed E-state index contributed by atoms with van der Waals surface area (Å²) < 4.78 is 0. The summed E-state index contributed by atoms with van der Waals surface area (Å²) in [6.45, 7) is 3.50. The molecule has 1 saturated heterocycles. The van der Waals surface area contributed by atoms with Gasteiger partial charge in [-0.1, -0.05) is 35.3 Å². The molecule has 0 bridgehead atoms. The summed E-state index contributed by atoms with van der Waals surface area (Å²) in [6.07, 6.45) is 5.91. The van der Waals surface area contributed by atoms with Gasteiger partial charge in [0.2, 0.25) is 0 Å². The third kappa shape index (κ3) is 2.11. The topological polar surface area (TPSA) is 29.1 Å². The van der Waals surface area contributed by atoms with Crippen LogP contribution in [-0.2, 0) is 10.2 Å². The van der Waals surface area contributed by atoms with E-state index in [2.05, 4.69) is 17.5 Å². The highest BCUT2D eigenvalue weighted by Gasteiger charge is 2.67. The van der Waals surface area contributed by atoms with Gasteiger partial charge in [0, 0.05) is 17.4 Å². The standard InChI is InChI=1S/C16H17Cl2NO/c1-11(20)4-5-15-9-16(15,6-7-19-10-15)12-2-3-13(17)14(18)8-12/h2-5,8,19H,6-7,9-10H2,1H3/b5-4+. The Balaban J connectivity index is 1.98. The molecule has 0 aromatic heterocycles. The smallest absolute Gasteiger partial charge is 0.152 e. The van der Waals surface area contributed by atoms with E-state index in [1.165, 1.54) is 5.56 Å². The van der Waals surface area contributed by atoms with Gasteiger partial charge in [-0.05, 0) is 50.1 Å². The van der Waals surface area contributed by atoms with Crippen molar-refractivity contribution in [3.05, 3.63) is 46.0 Å². The Bertz CT molecular complexity index is 598. The average Bonchev–Trinajstić information content (AvgIpc) is 3.10. The highest BCUT2D eigenvalue weighted by atomic mass is 35.5. The second-order valence-electron chi connectivity index (χ2n) is 5.91. The molecular weight excluding hydrogens is 293 g/mol. The summed E-state index contributed by atoms with van der Waals surface area (Å²) in [5, 5.41) is 4.63. The number of piperidine rings is 1. The van der Waals surface area contributed by atoms with Crippen LogP contribution in [0.15, 0.2) is 30.4 Å². The van der Waals surface area contributed by atoms with Crippen LogP contribution in [0.1, 0.15) is 25.3 Å². The molecule has 1 aliphatic carbocycles. The maximum Gasteiger partial charge on any atom is 0.152 e. The lowest BCUT2D eigenvalue weighted by atomic mass is 9.80. The fourth-order valence-electron chi connectivity index (χ4n) is 3.56. The number of halogens is 2. The van der Waals surface area contributed by atoms with E-state index in [0.717, 1.165) is 25.9 Å². The van der Waals surface area contributed by atoms with E-state index in [1.807, 2.05) is 12.1 Å². The lowest BCUT2D eigenvalue weighted by Crippen LogP contribution is -2.37. The van der Waals surface area contributed by atoms with Crippen molar-refractivity contribution in [2.24, 2.45) is 5.41 Å². The number of carbonyl (C=O) groups is 1. The quantitative estimate of drug-likeness (QED) is 0.861. The van der Waals surface area contributed by atoms with Crippen LogP contribution >= 0.6 is 23.2 Å². The van der Waals surface area contributed by atoms with Gasteiger partial charge in [-0.15, -0.1) is 0 Å². The molecule has 1 N–H and O–H groups in total. The second kappa shape index (κ2) is 4.87. The van der Waals surface area contributed by atoms with Gasteiger partial charge in [0.15, 0.2) is 5.78 Å². The summed E-state index contributed by atoms with van der Waals surface area (Å²) in [6, 6.07) is 5.93. The lowest BCUT2D eigenvalue weighted by Gasteiger charge is -2.30. The van der Waals surface area contributed by atoms with Gasteiger partial charge in [-0.25, -0.2) is 0 Å². The van der Waals surface area contributed by atoms with Crippen LogP contribution in [0.25, 0.3) is 0 Å². The monoisotopic (exact) mass is 309 g/mol. The molecule has 2 nitrogen and oxygen atoms in total. The maximum absolute atomic E-state index is 11.2. The molecule has 2 unspecified atom stereocenters. The fourth-order valence-corrected chi connectivity index (χ4v) is 3.86. The number of ketones is 1. The zero-order chi connectivity index (χ0) is 14.4. The first kappa shape index (κ1) is 14.1. The van der Waals surface area contributed by atoms with Crippen LogP contribution in [0.2, 0.25) is 10.0 Å². The van der Waals surface area contributed by atoms with Crippen molar-refractivity contribution < 1.29 is 4.79 Å². The molecule has 0 amide bonds. The van der Waals surface area contributed by atoms with Crippen molar-refractivity contribution >= 4 is 29.0 Å². The summed E-state index contributed by atoms with van der Waals surface area (Å²) in [7, 11) is 0. The van der Waals surface area contributed by atoms with Crippen molar-refractivity contribution in [1.82, 2.24) is 5.32 Å². The van der Waals surface area contributed by atoms with Gasteiger partial charge >= 0.3 is 0 Å². The van der Waals surface area contributed by atoms with E-state index >= 15 is 0 Å². The SMILES string of the molecule is CC(=O)/C=C/C12CNCCC1(c1ccc(Cl)c(Cl)c1)C2. The average molecular weight is 310 g/mol. The Morgan fingerprint density at radius 1 is 1.35 bits per heavy atom. The molecule has 3 rings (SSSR count). The molecule has 0 radical (unpaired) electrons. The Morgan fingerprint density at radius 3 is 2.85 bits per heavy atom. The summed E-state index contributed by atoms with van der Waals surface area (Å²) in [5.74, 6) is 0.0971. The minimum Gasteiger partial charge on any atom is -0.316 e. The van der Waals surface area contributed by atoms with Gasteiger partial charge in [0.1, 0.15) is 0 Å². The Hall–Kier alpha value is -0.830. The number of hydrogen-bond donors (Lipinski definition) is 1. The number of carbonyl (C=O) groups excluding carboxylic acids is 1. The molecule has 0 spiro atoms. The minimum atomic E-state index is 0.0497. The molecule has 20 heavy (non-hydrogen) atoms. The van der Waals surface area contributed by atoms with Crippen molar-refractivity contribution in [2.45, 2.75) is 25.2 Å². The zero-order valence-electron chi connectivity index (χ0n) is 11.4. The summed E-state index contributed by atoms with van der Waals surface area (Å²) in [4.78, 5) is 11.2. The van der Waals surface area contributed by atoms with E-state index in [0.29, 0.717) is 10.0 Å². The number of fused-ring (bicyclic) bond motifs is 1. The first-order valence-corrected chi connectivity index (χ1v) is 7.61. The first-order chi connectivity index (χ1) is 9.49. The van der Waals surface area contributed by atoms with Crippen LogP contribution in [0, 0.1) is 5.41 Å². The number of hydrogen-bond acceptors (Lipinski definition) is 2. The Morgan fingerprint density at radius 2 is 2.15 bits per heavy atom. The third-order valence-electron chi connectivity index (χ3n) is 4.72. The largest absolute Gasteiger partial charge is 0.316 e. The van der Waals surface area contributed by atoms with Gasteiger partial charge in [-0.2, -0.15) is 0 Å². The molecule has 1 aromatic rings. The van der Waals surface area contributed by atoms with E-state index in [-0.39, 0.29) is 16.6 Å². The Kier molecular flexibility index (Phi) is 3.44. The van der Waals surface area contributed by atoms with Crippen molar-refractivity contribution in [3.8, 4) is 0 Å². The number of allylic oxidation sites excluding steroid dienone is 1. The highest BCUT2D eigenvalue weighted by molar-refractivity contribution is 6.42. The summed E-state index contributed by atoms with van der Waals surface area (Å²) in [5.41, 5.74) is 1.40. The van der Waals surface area contributed by atoms with Crippen LogP contribution in [0.5, 0.6) is 0 Å². The van der Waals surface area contributed by atoms with E-state index in [9.17, 15) is 4.79 Å². The second-order valence-corrected chi connectivity index (χ2v) is 6.73. The van der Waals surface area contributed by atoms with Crippen molar-refractivity contribution in [2.75, 3.05) is 13.1 Å². The zero-order valence-corrected chi connectivity index (χ0v) is 12.9. The molecule has 2 atom stereocenters. The van der Waals surface area contributed by atoms with Crippen molar-refractivity contribution in [1.29, 1.82) is 0 Å². The van der Waals surface area contributed by atoms with Crippen LogP contribution in [-0.4, -0.2) is 18.9 Å². The molecule has 2 aliphatic rings. The highest BCUT2D eigenvalue weighted by Crippen LogP contribution is 2.68. The number of rotatable bonds is 3. The molecule has 1 heterocycles. The van der Waals surface area contributed by atoms with Gasteiger partial charge in [0.25, 0.3) is 0 Å². The van der Waals surface area contributed by atoms with Crippen LogP contribution in [0.3, 0.4) is 0 Å².